The molecule has 0 bridgehead atoms. The fraction of sp³-hybridized carbons (Fsp3) is 0.500. The van der Waals surface area contributed by atoms with Crippen molar-refractivity contribution >= 4 is 11.6 Å². The van der Waals surface area contributed by atoms with Crippen molar-refractivity contribution in [3.63, 3.8) is 0 Å². The molecular formula is C14H21FN2O. The van der Waals surface area contributed by atoms with Crippen molar-refractivity contribution in [2.45, 2.75) is 33.7 Å². The predicted octanol–water partition coefficient (Wildman–Crippen LogP) is 2.80. The fourth-order valence-corrected chi connectivity index (χ4v) is 1.80. The quantitative estimate of drug-likeness (QED) is 0.874. The summed E-state index contributed by atoms with van der Waals surface area (Å²) < 4.78 is 13.4. The Labute approximate surface area is 108 Å². The van der Waals surface area contributed by atoms with E-state index < -0.39 is 0 Å². The second-order valence-corrected chi connectivity index (χ2v) is 4.34. The smallest absolute Gasteiger partial charge is 0.244 e. The fourth-order valence-electron chi connectivity index (χ4n) is 1.80. The number of aryl methyl sites for hydroxylation is 1. The zero-order chi connectivity index (χ0) is 13.7. The highest BCUT2D eigenvalue weighted by atomic mass is 19.1. The number of nitrogens with zero attached hydrogens (tertiary/aromatic N) is 1. The highest BCUT2D eigenvalue weighted by molar-refractivity contribution is 5.84. The van der Waals surface area contributed by atoms with E-state index in [0.717, 1.165) is 0 Å². The highest BCUT2D eigenvalue weighted by Gasteiger charge is 2.17. The molecule has 1 N–H and O–H groups in total. The van der Waals surface area contributed by atoms with Gasteiger partial charge < -0.3 is 10.2 Å². The maximum Gasteiger partial charge on any atom is 0.244 e. The molecule has 0 saturated carbocycles. The first-order valence-electron chi connectivity index (χ1n) is 6.31. The van der Waals surface area contributed by atoms with E-state index in [1.807, 2.05) is 13.8 Å². The number of hydrogen-bond acceptors (Lipinski definition) is 2. The van der Waals surface area contributed by atoms with E-state index in [2.05, 4.69) is 5.32 Å². The Kier molecular flexibility index (Phi) is 5.13. The van der Waals surface area contributed by atoms with Crippen LogP contribution in [0.25, 0.3) is 0 Å². The minimum Gasteiger partial charge on any atom is -0.374 e. The van der Waals surface area contributed by atoms with Crippen LogP contribution in [-0.2, 0) is 4.79 Å². The summed E-state index contributed by atoms with van der Waals surface area (Å²) >= 11 is 0. The Balaban J connectivity index is 2.71. The minimum atomic E-state index is -0.355. The van der Waals surface area contributed by atoms with Crippen LogP contribution in [0.2, 0.25) is 0 Å². The maximum atomic E-state index is 13.4. The van der Waals surface area contributed by atoms with E-state index >= 15 is 0 Å². The summed E-state index contributed by atoms with van der Waals surface area (Å²) in [7, 11) is 0. The van der Waals surface area contributed by atoms with Crippen LogP contribution in [0.4, 0.5) is 10.1 Å². The van der Waals surface area contributed by atoms with Gasteiger partial charge in [0.05, 0.1) is 0 Å². The molecule has 100 valence electrons. The summed E-state index contributed by atoms with van der Waals surface area (Å²) in [5, 5.41) is 3.03. The number of carbonyl (C=O) groups is 1. The molecule has 1 unspecified atom stereocenters. The van der Waals surface area contributed by atoms with Crippen molar-refractivity contribution in [3.05, 3.63) is 29.6 Å². The summed E-state index contributed by atoms with van der Waals surface area (Å²) in [4.78, 5) is 13.8. The van der Waals surface area contributed by atoms with Gasteiger partial charge in [0.2, 0.25) is 5.91 Å². The molecular weight excluding hydrogens is 231 g/mol. The third kappa shape index (κ3) is 3.45. The van der Waals surface area contributed by atoms with Gasteiger partial charge in [-0.25, -0.2) is 4.39 Å². The van der Waals surface area contributed by atoms with Gasteiger partial charge in [-0.05, 0) is 45.4 Å². The maximum absolute atomic E-state index is 13.4. The summed E-state index contributed by atoms with van der Waals surface area (Å²) in [6, 6.07) is 4.55. The molecule has 0 aliphatic heterocycles. The van der Waals surface area contributed by atoms with E-state index in [-0.39, 0.29) is 17.8 Å². The number of nitrogens with one attached hydrogen (secondary N) is 1. The second-order valence-electron chi connectivity index (χ2n) is 4.34. The zero-order valence-corrected chi connectivity index (χ0v) is 11.5. The number of rotatable bonds is 5. The lowest BCUT2D eigenvalue weighted by Crippen LogP contribution is -2.41. The van der Waals surface area contributed by atoms with E-state index in [9.17, 15) is 9.18 Å². The van der Waals surface area contributed by atoms with Gasteiger partial charge >= 0.3 is 0 Å². The number of benzene rings is 1. The first-order valence-corrected chi connectivity index (χ1v) is 6.31. The average Bonchev–Trinajstić information content (AvgIpc) is 2.35. The molecule has 18 heavy (non-hydrogen) atoms. The highest BCUT2D eigenvalue weighted by Crippen LogP contribution is 2.15. The molecule has 0 spiro atoms. The van der Waals surface area contributed by atoms with Crippen molar-refractivity contribution in [1.29, 1.82) is 0 Å². The van der Waals surface area contributed by atoms with Gasteiger partial charge in [0, 0.05) is 18.8 Å². The topological polar surface area (TPSA) is 32.3 Å². The third-order valence-electron chi connectivity index (χ3n) is 3.00. The molecule has 0 fully saturated rings. The molecule has 0 heterocycles. The molecule has 0 aliphatic rings. The largest absolute Gasteiger partial charge is 0.374 e. The van der Waals surface area contributed by atoms with E-state index in [4.69, 9.17) is 0 Å². The van der Waals surface area contributed by atoms with Gasteiger partial charge in [0.1, 0.15) is 11.9 Å². The van der Waals surface area contributed by atoms with Crippen molar-refractivity contribution in [2.75, 3.05) is 18.4 Å². The molecule has 0 radical (unpaired) electrons. The molecule has 0 aromatic heterocycles. The number of amides is 1. The lowest BCUT2D eigenvalue weighted by molar-refractivity contribution is -0.131. The Morgan fingerprint density at radius 1 is 1.39 bits per heavy atom. The first-order chi connectivity index (χ1) is 8.49. The van der Waals surface area contributed by atoms with E-state index in [0.29, 0.717) is 24.3 Å². The van der Waals surface area contributed by atoms with Gasteiger partial charge in [0.25, 0.3) is 0 Å². The lowest BCUT2D eigenvalue weighted by Gasteiger charge is -2.24. The van der Waals surface area contributed by atoms with Gasteiger partial charge in [-0.1, -0.05) is 6.07 Å². The third-order valence-corrected chi connectivity index (χ3v) is 3.00. The molecule has 0 saturated heterocycles. The zero-order valence-electron chi connectivity index (χ0n) is 11.5. The summed E-state index contributed by atoms with van der Waals surface area (Å²) in [6.45, 7) is 8.76. The number of hydrogen-bond donors (Lipinski definition) is 1. The summed E-state index contributed by atoms with van der Waals surface area (Å²) in [6.07, 6.45) is 0. The van der Waals surface area contributed by atoms with Crippen LogP contribution in [0.3, 0.4) is 0 Å². The Bertz CT molecular complexity index is 416. The van der Waals surface area contributed by atoms with Crippen molar-refractivity contribution in [3.8, 4) is 0 Å². The first kappa shape index (κ1) is 14.5. The monoisotopic (exact) mass is 252 g/mol. The molecule has 1 amide bonds. The minimum absolute atomic E-state index is 0.0287. The lowest BCUT2D eigenvalue weighted by atomic mass is 10.2. The SMILES string of the molecule is CCN(CC)C(=O)C(C)Nc1ccc(C)c(F)c1. The predicted molar refractivity (Wildman–Crippen MR) is 72.1 cm³/mol. The molecule has 4 heteroatoms. The van der Waals surface area contributed by atoms with Crippen LogP contribution in [0.15, 0.2) is 18.2 Å². The number of likely N-dealkylation sites (N-methyl/N-ethyl adjacent to an activating group) is 1. The van der Waals surface area contributed by atoms with E-state index in [1.54, 1.807) is 30.9 Å². The average molecular weight is 252 g/mol. The van der Waals surface area contributed by atoms with Crippen molar-refractivity contribution < 1.29 is 9.18 Å². The number of halogens is 1. The standard InChI is InChI=1S/C14H21FN2O/c1-5-17(6-2)14(18)11(4)16-12-8-7-10(3)13(15)9-12/h7-9,11,16H,5-6H2,1-4H3. The Hall–Kier alpha value is -1.58. The van der Waals surface area contributed by atoms with Crippen LogP contribution < -0.4 is 5.32 Å². The van der Waals surface area contributed by atoms with Crippen LogP contribution in [0, 0.1) is 12.7 Å². The van der Waals surface area contributed by atoms with Crippen LogP contribution in [0.5, 0.6) is 0 Å². The van der Waals surface area contributed by atoms with Crippen molar-refractivity contribution in [2.24, 2.45) is 0 Å². The summed E-state index contributed by atoms with van der Waals surface area (Å²) in [5.74, 6) is -0.233. The van der Waals surface area contributed by atoms with Crippen molar-refractivity contribution in [1.82, 2.24) is 4.90 Å². The van der Waals surface area contributed by atoms with Crippen LogP contribution in [-0.4, -0.2) is 29.9 Å². The van der Waals surface area contributed by atoms with Crippen LogP contribution in [0.1, 0.15) is 26.3 Å². The normalized spacial score (nSPS) is 12.1. The molecule has 1 aromatic rings. The summed E-state index contributed by atoms with van der Waals surface area (Å²) in [5.41, 5.74) is 1.23. The van der Waals surface area contributed by atoms with Crippen LogP contribution >= 0.6 is 0 Å². The Morgan fingerprint density at radius 3 is 2.50 bits per heavy atom. The van der Waals surface area contributed by atoms with Gasteiger partial charge in [-0.3, -0.25) is 4.79 Å². The number of carbonyl (C=O) groups excluding carboxylic acids is 1. The molecule has 3 nitrogen and oxygen atoms in total. The molecule has 0 aliphatic carbocycles. The number of anilines is 1. The van der Waals surface area contributed by atoms with Gasteiger partial charge in [-0.2, -0.15) is 0 Å². The van der Waals surface area contributed by atoms with E-state index in [1.165, 1.54) is 6.07 Å². The van der Waals surface area contributed by atoms with Gasteiger partial charge in [0.15, 0.2) is 0 Å². The molecule has 1 rings (SSSR count). The van der Waals surface area contributed by atoms with Gasteiger partial charge in [-0.15, -0.1) is 0 Å². The Morgan fingerprint density at radius 2 is 2.00 bits per heavy atom. The second kappa shape index (κ2) is 6.38. The molecule has 1 atom stereocenters. The molecule has 1 aromatic carbocycles.